The molecule has 0 saturated carbocycles. The first kappa shape index (κ1) is 16.6. The monoisotopic (exact) mass is 322 g/mol. The summed E-state index contributed by atoms with van der Waals surface area (Å²) in [4.78, 5) is 14.4. The minimum Gasteiger partial charge on any atom is -0.372 e. The van der Waals surface area contributed by atoms with Gasteiger partial charge in [0.1, 0.15) is 0 Å². The van der Waals surface area contributed by atoms with E-state index in [0.29, 0.717) is 13.0 Å². The summed E-state index contributed by atoms with van der Waals surface area (Å²) in [5, 5.41) is 3.02. The Kier molecular flexibility index (Phi) is 5.89. The van der Waals surface area contributed by atoms with Gasteiger partial charge in [0.15, 0.2) is 0 Å². The van der Waals surface area contributed by atoms with E-state index in [2.05, 4.69) is 46.6 Å². The van der Waals surface area contributed by atoms with Gasteiger partial charge in [-0.2, -0.15) is 0 Å². The molecule has 1 aliphatic heterocycles. The molecule has 0 unspecified atom stereocenters. The molecule has 0 atom stereocenters. The molecule has 1 aliphatic rings. The second-order valence-corrected chi connectivity index (χ2v) is 6.45. The zero-order chi connectivity index (χ0) is 16.6. The number of amides is 1. The number of benzene rings is 2. The number of hydrogen-bond acceptors (Lipinski definition) is 2. The third-order valence-corrected chi connectivity index (χ3v) is 4.63. The van der Waals surface area contributed by atoms with Gasteiger partial charge in [0, 0.05) is 31.7 Å². The highest BCUT2D eigenvalue weighted by Gasteiger charge is 2.11. The Morgan fingerprint density at radius 2 is 1.54 bits per heavy atom. The van der Waals surface area contributed by atoms with Crippen LogP contribution in [0.1, 0.15) is 30.4 Å². The Labute approximate surface area is 144 Å². The van der Waals surface area contributed by atoms with Crippen LogP contribution in [0.2, 0.25) is 0 Å². The summed E-state index contributed by atoms with van der Waals surface area (Å²) < 4.78 is 0. The average molecular weight is 322 g/mol. The van der Waals surface area contributed by atoms with E-state index in [9.17, 15) is 4.79 Å². The maximum absolute atomic E-state index is 11.9. The van der Waals surface area contributed by atoms with E-state index < -0.39 is 0 Å². The number of carbonyl (C=O) groups excluding carboxylic acids is 1. The Morgan fingerprint density at radius 1 is 0.875 bits per heavy atom. The fourth-order valence-electron chi connectivity index (χ4n) is 3.19. The molecule has 1 amide bonds. The summed E-state index contributed by atoms with van der Waals surface area (Å²) in [5.74, 6) is 0.132. The first-order valence-corrected chi connectivity index (χ1v) is 8.96. The molecule has 0 radical (unpaired) electrons. The lowest BCUT2D eigenvalue weighted by atomic mass is 10.1. The van der Waals surface area contributed by atoms with E-state index in [0.717, 1.165) is 12.8 Å². The molecule has 3 rings (SSSR count). The van der Waals surface area contributed by atoms with Crippen LogP contribution < -0.4 is 10.2 Å². The van der Waals surface area contributed by atoms with Gasteiger partial charge in [0.05, 0.1) is 0 Å². The summed E-state index contributed by atoms with van der Waals surface area (Å²) in [7, 11) is 0. The fraction of sp³-hybridized carbons (Fsp3) is 0.381. The fourth-order valence-corrected chi connectivity index (χ4v) is 3.19. The van der Waals surface area contributed by atoms with E-state index >= 15 is 0 Å². The summed E-state index contributed by atoms with van der Waals surface area (Å²) in [6, 6.07) is 18.9. The standard InChI is InChI=1S/C21H26N2O/c24-21(13-10-18-6-2-1-3-7-18)22-15-14-19-8-11-20(12-9-19)23-16-4-5-17-23/h1-3,6-9,11-12H,4-5,10,13-17H2,(H,22,24). The number of nitrogens with one attached hydrogen (secondary N) is 1. The van der Waals surface area contributed by atoms with Gasteiger partial charge >= 0.3 is 0 Å². The average Bonchev–Trinajstić information content (AvgIpc) is 3.16. The molecule has 126 valence electrons. The van der Waals surface area contributed by atoms with E-state index in [4.69, 9.17) is 0 Å². The molecule has 1 N–H and O–H groups in total. The number of hydrogen-bond donors (Lipinski definition) is 1. The minimum absolute atomic E-state index is 0.132. The zero-order valence-electron chi connectivity index (χ0n) is 14.2. The van der Waals surface area contributed by atoms with Crippen molar-refractivity contribution in [2.75, 3.05) is 24.5 Å². The molecule has 2 aromatic carbocycles. The van der Waals surface area contributed by atoms with Crippen LogP contribution in [0.25, 0.3) is 0 Å². The molecule has 24 heavy (non-hydrogen) atoms. The van der Waals surface area contributed by atoms with Crippen molar-refractivity contribution in [3.05, 3.63) is 65.7 Å². The van der Waals surface area contributed by atoms with E-state index in [1.54, 1.807) is 0 Å². The van der Waals surface area contributed by atoms with Crippen molar-refractivity contribution in [2.24, 2.45) is 0 Å². The molecule has 0 bridgehead atoms. The van der Waals surface area contributed by atoms with Crippen LogP contribution in [0, 0.1) is 0 Å². The van der Waals surface area contributed by atoms with Crippen LogP contribution in [0.15, 0.2) is 54.6 Å². The largest absolute Gasteiger partial charge is 0.372 e. The van der Waals surface area contributed by atoms with Crippen LogP contribution in [0.5, 0.6) is 0 Å². The molecule has 1 heterocycles. The first-order valence-electron chi connectivity index (χ1n) is 8.96. The lowest BCUT2D eigenvalue weighted by molar-refractivity contribution is -0.121. The topological polar surface area (TPSA) is 32.3 Å². The third-order valence-electron chi connectivity index (χ3n) is 4.63. The SMILES string of the molecule is O=C(CCc1ccccc1)NCCc1ccc(N2CCCC2)cc1. The van der Waals surface area contributed by atoms with Gasteiger partial charge < -0.3 is 10.2 Å². The quantitative estimate of drug-likeness (QED) is 0.845. The Morgan fingerprint density at radius 3 is 2.25 bits per heavy atom. The second-order valence-electron chi connectivity index (χ2n) is 6.45. The van der Waals surface area contributed by atoms with Gasteiger partial charge in [-0.3, -0.25) is 4.79 Å². The summed E-state index contributed by atoms with van der Waals surface area (Å²) in [6.07, 6.45) is 4.85. The number of nitrogens with zero attached hydrogens (tertiary/aromatic N) is 1. The number of rotatable bonds is 7. The summed E-state index contributed by atoms with van der Waals surface area (Å²) >= 11 is 0. The van der Waals surface area contributed by atoms with Crippen LogP contribution >= 0.6 is 0 Å². The molecule has 1 fully saturated rings. The summed E-state index contributed by atoms with van der Waals surface area (Å²) in [5.41, 5.74) is 3.81. The first-order chi connectivity index (χ1) is 11.8. The highest BCUT2D eigenvalue weighted by atomic mass is 16.1. The molecule has 2 aromatic rings. The van der Waals surface area contributed by atoms with Crippen molar-refractivity contribution in [1.29, 1.82) is 0 Å². The van der Waals surface area contributed by atoms with Gasteiger partial charge in [-0.05, 0) is 48.9 Å². The molecule has 0 aromatic heterocycles. The van der Waals surface area contributed by atoms with Gasteiger partial charge in [-0.15, -0.1) is 0 Å². The van der Waals surface area contributed by atoms with Crippen molar-refractivity contribution in [3.63, 3.8) is 0 Å². The van der Waals surface area contributed by atoms with Gasteiger partial charge in [0.25, 0.3) is 0 Å². The smallest absolute Gasteiger partial charge is 0.220 e. The Bertz CT molecular complexity index is 631. The second kappa shape index (κ2) is 8.53. The van der Waals surface area contributed by atoms with Crippen molar-refractivity contribution < 1.29 is 4.79 Å². The van der Waals surface area contributed by atoms with Crippen molar-refractivity contribution in [2.45, 2.75) is 32.1 Å². The molecular weight excluding hydrogens is 296 g/mol. The molecule has 3 heteroatoms. The van der Waals surface area contributed by atoms with Crippen molar-refractivity contribution in [1.82, 2.24) is 5.32 Å². The number of anilines is 1. The highest BCUT2D eigenvalue weighted by molar-refractivity contribution is 5.76. The number of carbonyl (C=O) groups is 1. The predicted octanol–water partition coefficient (Wildman–Crippen LogP) is 3.58. The molecule has 0 spiro atoms. The van der Waals surface area contributed by atoms with E-state index in [1.807, 2.05) is 18.2 Å². The van der Waals surface area contributed by atoms with Crippen LogP contribution in [-0.4, -0.2) is 25.5 Å². The zero-order valence-corrected chi connectivity index (χ0v) is 14.2. The highest BCUT2D eigenvalue weighted by Crippen LogP contribution is 2.20. The van der Waals surface area contributed by atoms with Gasteiger partial charge in [0.2, 0.25) is 5.91 Å². The molecule has 3 nitrogen and oxygen atoms in total. The lowest BCUT2D eigenvalue weighted by Crippen LogP contribution is -2.25. The molecule has 1 saturated heterocycles. The maximum atomic E-state index is 11.9. The Hall–Kier alpha value is -2.29. The third kappa shape index (κ3) is 4.85. The number of aryl methyl sites for hydroxylation is 1. The van der Waals surface area contributed by atoms with Gasteiger partial charge in [-0.25, -0.2) is 0 Å². The van der Waals surface area contributed by atoms with Crippen molar-refractivity contribution in [3.8, 4) is 0 Å². The maximum Gasteiger partial charge on any atom is 0.220 e. The predicted molar refractivity (Wildman–Crippen MR) is 99.4 cm³/mol. The van der Waals surface area contributed by atoms with E-state index in [-0.39, 0.29) is 5.91 Å². The normalized spacial score (nSPS) is 13.9. The molecular formula is C21H26N2O. The lowest BCUT2D eigenvalue weighted by Gasteiger charge is -2.17. The van der Waals surface area contributed by atoms with E-state index in [1.165, 1.54) is 42.7 Å². The van der Waals surface area contributed by atoms with Crippen molar-refractivity contribution >= 4 is 11.6 Å². The molecule has 0 aliphatic carbocycles. The summed E-state index contributed by atoms with van der Waals surface area (Å²) in [6.45, 7) is 3.06. The van der Waals surface area contributed by atoms with Crippen LogP contribution in [0.4, 0.5) is 5.69 Å². The minimum atomic E-state index is 0.132. The van der Waals surface area contributed by atoms with Gasteiger partial charge in [-0.1, -0.05) is 42.5 Å². The van der Waals surface area contributed by atoms with Crippen LogP contribution in [0.3, 0.4) is 0 Å². The Balaban J connectivity index is 1.37. The van der Waals surface area contributed by atoms with Crippen LogP contribution in [-0.2, 0) is 17.6 Å².